The fourth-order valence-corrected chi connectivity index (χ4v) is 0.257. The first kappa shape index (κ1) is 22.4. The number of nitrogens with zero attached hydrogens (tertiary/aromatic N) is 1. The Bertz CT molecular complexity index is 60.8. The summed E-state index contributed by atoms with van der Waals surface area (Å²) in [6.07, 6.45) is 3.53. The third-order valence-electron chi connectivity index (χ3n) is 0.516. The molecule has 0 rings (SSSR count). The van der Waals surface area contributed by atoms with Crippen molar-refractivity contribution in [3.63, 3.8) is 0 Å². The minimum Gasteiger partial charge on any atom is -0.656 e. The fraction of sp³-hybridized carbons (Fsp3) is 0.333. The Hall–Kier alpha value is 0.734. The summed E-state index contributed by atoms with van der Waals surface area (Å²) in [7, 11) is 0. The van der Waals surface area contributed by atoms with E-state index in [9.17, 15) is 0 Å². The van der Waals surface area contributed by atoms with Gasteiger partial charge in [0.05, 0.1) is 0 Å². The van der Waals surface area contributed by atoms with Gasteiger partial charge in [-0.25, -0.2) is 0 Å². The van der Waals surface area contributed by atoms with E-state index in [0.29, 0.717) is 0 Å². The Morgan fingerprint density at radius 3 is 1.50 bits per heavy atom. The first-order chi connectivity index (χ1) is 3.41. The van der Waals surface area contributed by atoms with Gasteiger partial charge in [-0.2, -0.15) is 0 Å². The van der Waals surface area contributed by atoms with Crippen LogP contribution >= 0.6 is 24.8 Å². The SMILES string of the molecule is C=CC[N-]CC=C.Cl.Cl.[Ti]. The van der Waals surface area contributed by atoms with Crippen LogP contribution in [-0.2, 0) is 21.7 Å². The molecule has 0 aromatic carbocycles. The van der Waals surface area contributed by atoms with Gasteiger partial charge in [0, 0.05) is 21.7 Å². The van der Waals surface area contributed by atoms with Gasteiger partial charge in [-0.15, -0.1) is 63.2 Å². The van der Waals surface area contributed by atoms with E-state index in [1.807, 2.05) is 0 Å². The third kappa shape index (κ3) is 23.3. The van der Waals surface area contributed by atoms with Crippen LogP contribution in [0.15, 0.2) is 25.3 Å². The maximum atomic E-state index is 3.97. The summed E-state index contributed by atoms with van der Waals surface area (Å²) in [4.78, 5) is 0. The molecule has 0 N–H and O–H groups in total. The second-order valence-electron chi connectivity index (χ2n) is 1.17. The van der Waals surface area contributed by atoms with E-state index in [2.05, 4.69) is 18.5 Å². The molecule has 0 aliphatic rings. The Morgan fingerprint density at radius 2 is 1.30 bits per heavy atom. The van der Waals surface area contributed by atoms with Crippen molar-refractivity contribution in [2.24, 2.45) is 0 Å². The van der Waals surface area contributed by atoms with E-state index in [0.717, 1.165) is 13.1 Å². The smallest absolute Gasteiger partial charge is 0 e. The van der Waals surface area contributed by atoms with Gasteiger partial charge < -0.3 is 5.32 Å². The molecule has 0 atom stereocenters. The zero-order valence-corrected chi connectivity index (χ0v) is 8.94. The molecule has 0 spiro atoms. The zero-order valence-electron chi connectivity index (χ0n) is 5.75. The number of hydrogen-bond acceptors (Lipinski definition) is 0. The van der Waals surface area contributed by atoms with Crippen molar-refractivity contribution in [3.8, 4) is 0 Å². The molecule has 0 heterocycles. The van der Waals surface area contributed by atoms with Crippen molar-refractivity contribution in [2.45, 2.75) is 0 Å². The Kier molecular flexibility index (Phi) is 50.7. The van der Waals surface area contributed by atoms with Crippen LogP contribution in [0.25, 0.3) is 5.32 Å². The molecule has 0 aliphatic heterocycles. The monoisotopic (exact) mass is 216 g/mol. The predicted molar refractivity (Wildman–Crippen MR) is 48.0 cm³/mol. The molecule has 0 fully saturated rings. The minimum atomic E-state index is 0. The second kappa shape index (κ2) is 22.6. The largest absolute Gasteiger partial charge is 0.656 e. The molecule has 0 aliphatic carbocycles. The molecular formula is C6H12Cl2NTi-. The maximum Gasteiger partial charge on any atom is 0 e. The molecule has 4 heteroatoms. The summed E-state index contributed by atoms with van der Waals surface area (Å²) in [5.41, 5.74) is 0. The van der Waals surface area contributed by atoms with Gasteiger partial charge >= 0.3 is 0 Å². The first-order valence-electron chi connectivity index (χ1n) is 2.27. The van der Waals surface area contributed by atoms with Gasteiger partial charge in [-0.1, -0.05) is 0 Å². The van der Waals surface area contributed by atoms with E-state index in [1.165, 1.54) is 0 Å². The molecule has 10 heavy (non-hydrogen) atoms. The quantitative estimate of drug-likeness (QED) is 0.390. The van der Waals surface area contributed by atoms with Gasteiger partial charge in [0.15, 0.2) is 0 Å². The van der Waals surface area contributed by atoms with Crippen molar-refractivity contribution in [1.82, 2.24) is 0 Å². The van der Waals surface area contributed by atoms with Gasteiger partial charge in [0.2, 0.25) is 0 Å². The molecule has 0 aromatic rings. The fourth-order valence-electron chi connectivity index (χ4n) is 0.257. The molecule has 0 saturated heterocycles. The summed E-state index contributed by atoms with van der Waals surface area (Å²) in [6.45, 7) is 8.49. The second-order valence-corrected chi connectivity index (χ2v) is 1.17. The molecule has 0 unspecified atom stereocenters. The number of rotatable bonds is 4. The molecule has 0 aromatic heterocycles. The van der Waals surface area contributed by atoms with Crippen molar-refractivity contribution in [3.05, 3.63) is 30.6 Å². The number of halogens is 2. The van der Waals surface area contributed by atoms with E-state index in [1.54, 1.807) is 12.2 Å². The number of hydrogen-bond donors (Lipinski definition) is 0. The standard InChI is InChI=1S/C6H10N.2ClH.Ti/c1-3-5-7-6-4-2;;;/h3-4H,1-2,5-6H2;2*1H;/q-1;;;. The topological polar surface area (TPSA) is 14.1 Å². The van der Waals surface area contributed by atoms with Crippen LogP contribution in [0.1, 0.15) is 0 Å². The van der Waals surface area contributed by atoms with Crippen LogP contribution in [0.3, 0.4) is 0 Å². The summed E-state index contributed by atoms with van der Waals surface area (Å²) in [5.74, 6) is 0. The van der Waals surface area contributed by atoms with E-state index >= 15 is 0 Å². The van der Waals surface area contributed by atoms with Crippen LogP contribution in [0.5, 0.6) is 0 Å². The molecule has 0 bridgehead atoms. The van der Waals surface area contributed by atoms with Gasteiger partial charge in [-0.3, -0.25) is 0 Å². The predicted octanol–water partition coefficient (Wildman–Crippen LogP) is 2.57. The first-order valence-corrected chi connectivity index (χ1v) is 2.27. The third-order valence-corrected chi connectivity index (χ3v) is 0.516. The molecule has 0 amide bonds. The summed E-state index contributed by atoms with van der Waals surface area (Å²) in [5, 5.41) is 3.97. The van der Waals surface area contributed by atoms with Crippen LogP contribution in [-0.4, -0.2) is 13.1 Å². The van der Waals surface area contributed by atoms with Crippen LogP contribution in [0.2, 0.25) is 0 Å². The summed E-state index contributed by atoms with van der Waals surface area (Å²) in [6, 6.07) is 0. The normalized spacial score (nSPS) is 5.60. The van der Waals surface area contributed by atoms with Crippen molar-refractivity contribution in [2.75, 3.05) is 13.1 Å². The van der Waals surface area contributed by atoms with Gasteiger partial charge in [-0.05, 0) is 0 Å². The Balaban J connectivity index is -0.0000000600. The van der Waals surface area contributed by atoms with Gasteiger partial charge in [0.1, 0.15) is 0 Å². The molecule has 1 nitrogen and oxygen atoms in total. The summed E-state index contributed by atoms with van der Waals surface area (Å²) >= 11 is 0. The Labute approximate surface area is 90.0 Å². The molecule has 0 radical (unpaired) electrons. The maximum absolute atomic E-state index is 3.97. The molecule has 0 saturated carbocycles. The van der Waals surface area contributed by atoms with Crippen LogP contribution in [0.4, 0.5) is 0 Å². The molecular weight excluding hydrogens is 205 g/mol. The van der Waals surface area contributed by atoms with Crippen molar-refractivity contribution in [1.29, 1.82) is 0 Å². The molecule has 60 valence electrons. The average molecular weight is 217 g/mol. The van der Waals surface area contributed by atoms with E-state index in [4.69, 9.17) is 0 Å². The van der Waals surface area contributed by atoms with Crippen LogP contribution < -0.4 is 0 Å². The van der Waals surface area contributed by atoms with Gasteiger partial charge in [0.25, 0.3) is 0 Å². The van der Waals surface area contributed by atoms with Crippen LogP contribution in [0, 0.1) is 0 Å². The van der Waals surface area contributed by atoms with Crippen molar-refractivity contribution < 1.29 is 21.7 Å². The van der Waals surface area contributed by atoms with E-state index in [-0.39, 0.29) is 46.5 Å². The van der Waals surface area contributed by atoms with Crippen molar-refractivity contribution >= 4 is 24.8 Å². The van der Waals surface area contributed by atoms with E-state index < -0.39 is 0 Å². The minimum absolute atomic E-state index is 0. The average Bonchev–Trinajstić information content (AvgIpc) is 1.69. The Morgan fingerprint density at radius 1 is 1.00 bits per heavy atom. The zero-order chi connectivity index (χ0) is 5.54. The summed E-state index contributed by atoms with van der Waals surface area (Å²) < 4.78 is 0.